The Morgan fingerprint density at radius 3 is 2.75 bits per heavy atom. The SMILES string of the molecule is CC(O)c1cn(-c2cc(Br)ccc2Br)nn1. The molecule has 2 rings (SSSR count). The van der Waals surface area contributed by atoms with Gasteiger partial charge in [0.25, 0.3) is 0 Å². The average Bonchev–Trinajstić information content (AvgIpc) is 2.70. The Kier molecular flexibility index (Phi) is 3.41. The minimum atomic E-state index is -0.611. The van der Waals surface area contributed by atoms with Crippen LogP contribution in [0.3, 0.4) is 0 Å². The fraction of sp³-hybridized carbons (Fsp3) is 0.200. The van der Waals surface area contributed by atoms with E-state index in [-0.39, 0.29) is 0 Å². The molecule has 6 heteroatoms. The van der Waals surface area contributed by atoms with Crippen LogP contribution in [0.15, 0.2) is 33.3 Å². The van der Waals surface area contributed by atoms with E-state index in [9.17, 15) is 5.11 Å². The Morgan fingerprint density at radius 2 is 2.12 bits per heavy atom. The molecule has 2 aromatic rings. The second kappa shape index (κ2) is 4.65. The molecule has 1 aromatic heterocycles. The largest absolute Gasteiger partial charge is 0.387 e. The first-order valence-electron chi connectivity index (χ1n) is 4.63. The predicted molar refractivity (Wildman–Crippen MR) is 67.4 cm³/mol. The minimum absolute atomic E-state index is 0.548. The molecular formula is C10H9Br2N3O. The van der Waals surface area contributed by atoms with E-state index in [0.29, 0.717) is 5.69 Å². The maximum Gasteiger partial charge on any atom is 0.111 e. The van der Waals surface area contributed by atoms with Crippen molar-refractivity contribution in [2.75, 3.05) is 0 Å². The zero-order valence-corrected chi connectivity index (χ0v) is 11.6. The number of aliphatic hydroxyl groups excluding tert-OH is 1. The molecular weight excluding hydrogens is 338 g/mol. The first-order valence-corrected chi connectivity index (χ1v) is 6.22. The molecule has 0 saturated carbocycles. The molecule has 16 heavy (non-hydrogen) atoms. The highest BCUT2D eigenvalue weighted by Crippen LogP contribution is 2.24. The monoisotopic (exact) mass is 345 g/mol. The van der Waals surface area contributed by atoms with Gasteiger partial charge in [-0.1, -0.05) is 21.1 Å². The number of aliphatic hydroxyl groups is 1. The molecule has 84 valence electrons. The van der Waals surface area contributed by atoms with Gasteiger partial charge in [0.15, 0.2) is 0 Å². The van der Waals surface area contributed by atoms with Crippen molar-refractivity contribution in [1.82, 2.24) is 15.0 Å². The summed E-state index contributed by atoms with van der Waals surface area (Å²) in [5.74, 6) is 0. The smallest absolute Gasteiger partial charge is 0.111 e. The summed E-state index contributed by atoms with van der Waals surface area (Å²) < 4.78 is 3.49. The topological polar surface area (TPSA) is 50.9 Å². The van der Waals surface area contributed by atoms with Crippen molar-refractivity contribution in [1.29, 1.82) is 0 Å². The van der Waals surface area contributed by atoms with E-state index >= 15 is 0 Å². The fourth-order valence-corrected chi connectivity index (χ4v) is 2.02. The molecule has 1 atom stereocenters. The van der Waals surface area contributed by atoms with Gasteiger partial charge in [-0.05, 0) is 41.1 Å². The zero-order valence-electron chi connectivity index (χ0n) is 8.43. The molecule has 1 unspecified atom stereocenters. The second-order valence-electron chi connectivity index (χ2n) is 3.36. The van der Waals surface area contributed by atoms with Crippen LogP contribution in [-0.2, 0) is 0 Å². The molecule has 0 saturated heterocycles. The van der Waals surface area contributed by atoms with Crippen molar-refractivity contribution in [3.8, 4) is 5.69 Å². The molecule has 1 heterocycles. The van der Waals surface area contributed by atoms with Crippen LogP contribution in [0.4, 0.5) is 0 Å². The van der Waals surface area contributed by atoms with Gasteiger partial charge in [-0.15, -0.1) is 5.10 Å². The third kappa shape index (κ3) is 2.34. The van der Waals surface area contributed by atoms with E-state index in [1.807, 2.05) is 18.2 Å². The van der Waals surface area contributed by atoms with Gasteiger partial charge in [-0.2, -0.15) is 0 Å². The maximum atomic E-state index is 9.37. The Bertz CT molecular complexity index is 511. The van der Waals surface area contributed by atoms with Gasteiger partial charge >= 0.3 is 0 Å². The van der Waals surface area contributed by atoms with Gasteiger partial charge in [0.1, 0.15) is 5.69 Å². The highest BCUT2D eigenvalue weighted by atomic mass is 79.9. The Labute approximate surface area is 110 Å². The number of rotatable bonds is 2. The zero-order chi connectivity index (χ0) is 11.7. The van der Waals surface area contributed by atoms with E-state index < -0.39 is 6.10 Å². The minimum Gasteiger partial charge on any atom is -0.387 e. The quantitative estimate of drug-likeness (QED) is 0.909. The van der Waals surface area contributed by atoms with Crippen LogP contribution in [0.1, 0.15) is 18.7 Å². The van der Waals surface area contributed by atoms with E-state index in [1.165, 1.54) is 0 Å². The summed E-state index contributed by atoms with van der Waals surface area (Å²) in [5.41, 5.74) is 1.42. The van der Waals surface area contributed by atoms with Crippen molar-refractivity contribution < 1.29 is 5.11 Å². The summed E-state index contributed by atoms with van der Waals surface area (Å²) in [6, 6.07) is 5.77. The van der Waals surface area contributed by atoms with Gasteiger partial charge in [-0.25, -0.2) is 4.68 Å². The maximum absolute atomic E-state index is 9.37. The van der Waals surface area contributed by atoms with Gasteiger partial charge in [0.2, 0.25) is 0 Å². The van der Waals surface area contributed by atoms with Crippen molar-refractivity contribution >= 4 is 31.9 Å². The van der Waals surface area contributed by atoms with Crippen LogP contribution in [0.25, 0.3) is 5.69 Å². The predicted octanol–water partition coefficient (Wildman–Crippen LogP) is 2.85. The van der Waals surface area contributed by atoms with E-state index in [4.69, 9.17) is 0 Å². The second-order valence-corrected chi connectivity index (χ2v) is 5.13. The summed E-state index contributed by atoms with van der Waals surface area (Å²) in [4.78, 5) is 0. The number of halogens is 2. The lowest BCUT2D eigenvalue weighted by atomic mass is 10.3. The number of hydrogen-bond acceptors (Lipinski definition) is 3. The van der Waals surface area contributed by atoms with Gasteiger partial charge in [0.05, 0.1) is 18.0 Å². The summed E-state index contributed by atoms with van der Waals surface area (Å²) in [7, 11) is 0. The van der Waals surface area contributed by atoms with Gasteiger partial charge in [0, 0.05) is 8.95 Å². The fourth-order valence-electron chi connectivity index (χ4n) is 1.25. The van der Waals surface area contributed by atoms with Crippen LogP contribution >= 0.6 is 31.9 Å². The van der Waals surface area contributed by atoms with Crippen LogP contribution in [0.5, 0.6) is 0 Å². The first kappa shape index (κ1) is 11.8. The Balaban J connectivity index is 2.46. The summed E-state index contributed by atoms with van der Waals surface area (Å²) in [5, 5.41) is 17.2. The van der Waals surface area contributed by atoms with Crippen LogP contribution in [0, 0.1) is 0 Å². The highest BCUT2D eigenvalue weighted by Gasteiger charge is 2.09. The molecule has 0 spiro atoms. The lowest BCUT2D eigenvalue weighted by molar-refractivity contribution is 0.194. The third-order valence-electron chi connectivity index (χ3n) is 2.09. The number of hydrogen-bond donors (Lipinski definition) is 1. The van der Waals surface area contributed by atoms with E-state index in [2.05, 4.69) is 42.2 Å². The van der Waals surface area contributed by atoms with Crippen molar-refractivity contribution in [3.63, 3.8) is 0 Å². The van der Waals surface area contributed by atoms with Gasteiger partial charge < -0.3 is 5.11 Å². The normalized spacial score (nSPS) is 12.8. The Morgan fingerprint density at radius 1 is 1.38 bits per heavy atom. The number of benzene rings is 1. The molecule has 0 amide bonds. The van der Waals surface area contributed by atoms with Crippen LogP contribution in [0.2, 0.25) is 0 Å². The third-order valence-corrected chi connectivity index (χ3v) is 3.26. The molecule has 0 aliphatic carbocycles. The van der Waals surface area contributed by atoms with Crippen molar-refractivity contribution in [2.45, 2.75) is 13.0 Å². The average molecular weight is 347 g/mol. The van der Waals surface area contributed by atoms with Crippen LogP contribution < -0.4 is 0 Å². The molecule has 0 radical (unpaired) electrons. The summed E-state index contributed by atoms with van der Waals surface area (Å²) in [6.07, 6.45) is 1.09. The summed E-state index contributed by atoms with van der Waals surface area (Å²) >= 11 is 6.84. The van der Waals surface area contributed by atoms with Gasteiger partial charge in [-0.3, -0.25) is 0 Å². The molecule has 4 nitrogen and oxygen atoms in total. The van der Waals surface area contributed by atoms with E-state index in [1.54, 1.807) is 17.8 Å². The first-order chi connectivity index (χ1) is 7.58. The van der Waals surface area contributed by atoms with Crippen molar-refractivity contribution in [3.05, 3.63) is 39.0 Å². The Hall–Kier alpha value is -0.720. The summed E-state index contributed by atoms with van der Waals surface area (Å²) in [6.45, 7) is 1.66. The molecule has 0 bridgehead atoms. The highest BCUT2D eigenvalue weighted by molar-refractivity contribution is 9.11. The number of aromatic nitrogens is 3. The van der Waals surface area contributed by atoms with Crippen molar-refractivity contribution in [2.24, 2.45) is 0 Å². The standard InChI is InChI=1S/C10H9Br2N3O/c1-6(16)9-5-15(14-13-9)10-4-7(11)2-3-8(10)12/h2-6,16H,1H3. The molecule has 1 aromatic carbocycles. The number of nitrogens with zero attached hydrogens (tertiary/aromatic N) is 3. The lowest BCUT2D eigenvalue weighted by Gasteiger charge is -2.03. The van der Waals surface area contributed by atoms with E-state index in [0.717, 1.165) is 14.6 Å². The van der Waals surface area contributed by atoms with Crippen LogP contribution in [-0.4, -0.2) is 20.1 Å². The molecule has 0 aliphatic heterocycles. The lowest BCUT2D eigenvalue weighted by Crippen LogP contribution is -1.96. The molecule has 0 aliphatic rings. The molecule has 0 fully saturated rings. The molecule has 1 N–H and O–H groups in total.